The molecule has 3 aromatic rings. The Morgan fingerprint density at radius 1 is 1.13 bits per heavy atom. The molecule has 1 N–H and O–H groups in total. The van der Waals surface area contributed by atoms with E-state index < -0.39 is 0 Å². The lowest BCUT2D eigenvalue weighted by Crippen LogP contribution is -2.52. The third-order valence-electron chi connectivity index (χ3n) is 6.56. The topological polar surface area (TPSA) is 67.6 Å². The second-order valence-corrected chi connectivity index (χ2v) is 8.62. The lowest BCUT2D eigenvalue weighted by Gasteiger charge is -2.48. The number of rotatable bonds is 2. The summed E-state index contributed by atoms with van der Waals surface area (Å²) < 4.78 is 8.48. The Hall–Kier alpha value is -2.70. The zero-order chi connectivity index (χ0) is 20.7. The summed E-state index contributed by atoms with van der Waals surface area (Å²) in [6.45, 7) is 1.22. The van der Waals surface area contributed by atoms with Gasteiger partial charge in [-0.05, 0) is 36.6 Å². The summed E-state index contributed by atoms with van der Waals surface area (Å²) in [7, 11) is 1.93. The molecule has 4 heterocycles. The molecule has 30 heavy (non-hydrogen) atoms. The summed E-state index contributed by atoms with van der Waals surface area (Å²) in [4.78, 5) is 19.5. The average molecular weight is 405 g/mol. The smallest absolute Gasteiger partial charge is 0.272 e. The Kier molecular flexibility index (Phi) is 4.83. The number of ether oxygens (including phenoxy) is 1. The SMILES string of the molecule is Cn1ccc2ccc(C(=O)N3CCC4(CC3)C[C@H](O)C[C@H](c3ccccc3)O4)nc21. The standard InChI is InChI=1S/C24H27N3O3/c1-26-12-9-18-7-8-20(25-22(18)26)23(29)27-13-10-24(11-14-27)16-19(28)15-21(30-24)17-5-3-2-4-6-17/h2-9,12,19,21,28H,10-11,13-16H2,1H3/t19-,21-/m1/s1. The van der Waals surface area contributed by atoms with E-state index in [0.717, 1.165) is 29.4 Å². The Morgan fingerprint density at radius 2 is 1.90 bits per heavy atom. The molecule has 2 atom stereocenters. The van der Waals surface area contributed by atoms with Crippen molar-refractivity contribution in [1.82, 2.24) is 14.5 Å². The second kappa shape index (κ2) is 7.52. The highest BCUT2D eigenvalue weighted by molar-refractivity contribution is 5.94. The maximum absolute atomic E-state index is 13.1. The van der Waals surface area contributed by atoms with Crippen molar-refractivity contribution in [2.75, 3.05) is 13.1 Å². The van der Waals surface area contributed by atoms with Gasteiger partial charge in [-0.15, -0.1) is 0 Å². The van der Waals surface area contributed by atoms with Crippen LogP contribution in [0.4, 0.5) is 0 Å². The average Bonchev–Trinajstić information content (AvgIpc) is 3.14. The highest BCUT2D eigenvalue weighted by Gasteiger charge is 2.44. The number of hydrogen-bond donors (Lipinski definition) is 1. The molecule has 0 unspecified atom stereocenters. The summed E-state index contributed by atoms with van der Waals surface area (Å²) in [6.07, 6.45) is 4.18. The number of aryl methyl sites for hydroxylation is 1. The molecule has 6 heteroatoms. The van der Waals surface area contributed by atoms with Crippen LogP contribution in [0.15, 0.2) is 54.7 Å². The van der Waals surface area contributed by atoms with E-state index in [1.54, 1.807) is 6.07 Å². The van der Waals surface area contributed by atoms with Gasteiger partial charge in [-0.1, -0.05) is 30.3 Å². The number of aliphatic hydroxyl groups excluding tert-OH is 1. The number of fused-ring (bicyclic) bond motifs is 1. The molecule has 2 aliphatic rings. The van der Waals surface area contributed by atoms with Crippen LogP contribution in [-0.2, 0) is 11.8 Å². The lowest BCUT2D eigenvalue weighted by atomic mass is 9.81. The van der Waals surface area contributed by atoms with Crippen LogP contribution in [0.3, 0.4) is 0 Å². The molecule has 5 rings (SSSR count). The van der Waals surface area contributed by atoms with Crippen LogP contribution in [0.1, 0.15) is 47.8 Å². The van der Waals surface area contributed by atoms with Crippen LogP contribution in [0, 0.1) is 0 Å². The number of carbonyl (C=O) groups excluding carboxylic acids is 1. The maximum atomic E-state index is 13.1. The van der Waals surface area contributed by atoms with Crippen LogP contribution in [0.5, 0.6) is 0 Å². The van der Waals surface area contributed by atoms with Crippen LogP contribution in [0.25, 0.3) is 11.0 Å². The lowest BCUT2D eigenvalue weighted by molar-refractivity contribution is -0.181. The first-order valence-electron chi connectivity index (χ1n) is 10.7. The van der Waals surface area contributed by atoms with Gasteiger partial charge in [0.2, 0.25) is 0 Å². The van der Waals surface area contributed by atoms with Gasteiger partial charge in [0.25, 0.3) is 5.91 Å². The van der Waals surface area contributed by atoms with Crippen molar-refractivity contribution in [3.8, 4) is 0 Å². The van der Waals surface area contributed by atoms with E-state index in [9.17, 15) is 9.90 Å². The first kappa shape index (κ1) is 19.3. The Labute approximate surface area is 176 Å². The first-order valence-corrected chi connectivity index (χ1v) is 10.7. The normalized spacial score (nSPS) is 23.7. The predicted octanol–water partition coefficient (Wildman–Crippen LogP) is 3.46. The Morgan fingerprint density at radius 3 is 2.67 bits per heavy atom. The van der Waals surface area contributed by atoms with Gasteiger partial charge in [-0.25, -0.2) is 4.98 Å². The highest BCUT2D eigenvalue weighted by Crippen LogP contribution is 2.43. The van der Waals surface area contributed by atoms with Crippen LogP contribution < -0.4 is 0 Å². The molecule has 1 aromatic carbocycles. The zero-order valence-electron chi connectivity index (χ0n) is 17.2. The van der Waals surface area contributed by atoms with Gasteiger partial charge in [0, 0.05) is 44.6 Å². The third-order valence-corrected chi connectivity index (χ3v) is 6.56. The Balaban J connectivity index is 1.30. The largest absolute Gasteiger partial charge is 0.393 e. The van der Waals surface area contributed by atoms with Gasteiger partial charge in [-0.3, -0.25) is 4.79 Å². The van der Waals surface area contributed by atoms with Crippen molar-refractivity contribution < 1.29 is 14.6 Å². The van der Waals surface area contributed by atoms with Crippen LogP contribution in [-0.4, -0.2) is 50.3 Å². The fourth-order valence-corrected chi connectivity index (χ4v) is 4.88. The summed E-state index contributed by atoms with van der Waals surface area (Å²) in [5.41, 5.74) is 2.03. The number of aliphatic hydroxyl groups is 1. The number of pyridine rings is 1. The van der Waals surface area contributed by atoms with Crippen LogP contribution in [0.2, 0.25) is 0 Å². The van der Waals surface area contributed by atoms with Gasteiger partial charge >= 0.3 is 0 Å². The highest BCUT2D eigenvalue weighted by atomic mass is 16.5. The number of aromatic nitrogens is 2. The monoisotopic (exact) mass is 405 g/mol. The summed E-state index contributed by atoms with van der Waals surface area (Å²) in [6, 6.07) is 15.9. The number of amides is 1. The Bertz CT molecular complexity index is 1050. The maximum Gasteiger partial charge on any atom is 0.272 e. The van der Waals surface area contributed by atoms with Gasteiger partial charge in [0.05, 0.1) is 17.8 Å². The minimum absolute atomic E-state index is 0.0380. The molecule has 1 amide bonds. The van der Waals surface area contributed by atoms with Crippen molar-refractivity contribution in [1.29, 1.82) is 0 Å². The van der Waals surface area contributed by atoms with Crippen molar-refractivity contribution in [2.45, 2.75) is 43.5 Å². The second-order valence-electron chi connectivity index (χ2n) is 8.62. The number of benzene rings is 1. The van der Waals surface area contributed by atoms with E-state index >= 15 is 0 Å². The first-order chi connectivity index (χ1) is 14.5. The molecular weight excluding hydrogens is 378 g/mol. The fraction of sp³-hybridized carbons (Fsp3) is 0.417. The van der Waals surface area contributed by atoms with E-state index in [2.05, 4.69) is 17.1 Å². The molecule has 0 aliphatic carbocycles. The molecule has 6 nitrogen and oxygen atoms in total. The quantitative estimate of drug-likeness (QED) is 0.709. The van der Waals surface area contributed by atoms with E-state index in [0.29, 0.717) is 31.6 Å². The van der Waals surface area contributed by atoms with Gasteiger partial charge in [-0.2, -0.15) is 0 Å². The molecule has 0 radical (unpaired) electrons. The van der Waals surface area contributed by atoms with Crippen molar-refractivity contribution in [3.05, 3.63) is 66.0 Å². The molecular formula is C24H27N3O3. The molecule has 0 bridgehead atoms. The number of likely N-dealkylation sites (tertiary alicyclic amines) is 1. The van der Waals surface area contributed by atoms with Crippen molar-refractivity contribution >= 4 is 16.9 Å². The molecule has 156 valence electrons. The number of nitrogens with zero attached hydrogens (tertiary/aromatic N) is 3. The van der Waals surface area contributed by atoms with E-state index in [1.165, 1.54) is 0 Å². The van der Waals surface area contributed by atoms with Crippen LogP contribution >= 0.6 is 0 Å². The molecule has 2 aromatic heterocycles. The minimum Gasteiger partial charge on any atom is -0.393 e. The summed E-state index contributed by atoms with van der Waals surface area (Å²) >= 11 is 0. The number of carbonyl (C=O) groups is 1. The number of hydrogen-bond acceptors (Lipinski definition) is 4. The van der Waals surface area contributed by atoms with Crippen molar-refractivity contribution in [2.24, 2.45) is 7.05 Å². The number of piperidine rings is 1. The van der Waals surface area contributed by atoms with E-state index in [1.807, 2.05) is 53.0 Å². The summed E-state index contributed by atoms with van der Waals surface area (Å²) in [5.74, 6) is -0.0380. The summed E-state index contributed by atoms with van der Waals surface area (Å²) in [5, 5.41) is 11.6. The molecule has 0 saturated carbocycles. The van der Waals surface area contributed by atoms with E-state index in [4.69, 9.17) is 4.74 Å². The molecule has 2 aliphatic heterocycles. The third kappa shape index (κ3) is 3.50. The molecule has 1 spiro atoms. The van der Waals surface area contributed by atoms with Gasteiger partial charge in [0.1, 0.15) is 11.3 Å². The zero-order valence-corrected chi connectivity index (χ0v) is 17.2. The fourth-order valence-electron chi connectivity index (χ4n) is 4.88. The van der Waals surface area contributed by atoms with Gasteiger partial charge < -0.3 is 19.3 Å². The van der Waals surface area contributed by atoms with Crippen molar-refractivity contribution in [3.63, 3.8) is 0 Å². The van der Waals surface area contributed by atoms with E-state index in [-0.39, 0.29) is 23.7 Å². The molecule has 2 saturated heterocycles. The minimum atomic E-state index is -0.382. The molecule has 2 fully saturated rings. The van der Waals surface area contributed by atoms with Gasteiger partial charge in [0.15, 0.2) is 0 Å². The predicted molar refractivity (Wildman–Crippen MR) is 114 cm³/mol.